The van der Waals surface area contributed by atoms with E-state index in [4.69, 9.17) is 4.74 Å². The van der Waals surface area contributed by atoms with Crippen molar-refractivity contribution in [1.29, 1.82) is 0 Å². The smallest absolute Gasteiger partial charge is 0.127 e. The first-order chi connectivity index (χ1) is 12.1. The van der Waals surface area contributed by atoms with Crippen LogP contribution in [-0.2, 0) is 0 Å². The Bertz CT molecular complexity index is 728. The van der Waals surface area contributed by atoms with Gasteiger partial charge in [0.1, 0.15) is 5.75 Å². The molecule has 2 aromatic rings. The molecular formula is C24H35OP. The minimum absolute atomic E-state index is 0.169. The van der Waals surface area contributed by atoms with Crippen molar-refractivity contribution in [3.05, 3.63) is 47.0 Å². The van der Waals surface area contributed by atoms with Crippen LogP contribution in [0.25, 0.3) is 11.1 Å². The van der Waals surface area contributed by atoms with Crippen LogP contribution in [0.1, 0.15) is 89.8 Å². The number of hydrogen-bond acceptors (Lipinski definition) is 1. The summed E-state index contributed by atoms with van der Waals surface area (Å²) < 4.78 is 6.05. The van der Waals surface area contributed by atoms with Crippen molar-refractivity contribution in [3.8, 4) is 16.9 Å². The van der Waals surface area contributed by atoms with Crippen molar-refractivity contribution in [2.45, 2.75) is 79.2 Å². The molecule has 2 rings (SSSR count). The van der Waals surface area contributed by atoms with Gasteiger partial charge in [-0.15, -0.1) is 9.24 Å². The second-order valence-electron chi connectivity index (χ2n) is 8.42. The summed E-state index contributed by atoms with van der Waals surface area (Å²) in [5.74, 6) is 2.44. The zero-order valence-electron chi connectivity index (χ0n) is 17.7. The molecule has 0 saturated heterocycles. The van der Waals surface area contributed by atoms with Gasteiger partial charge in [-0.05, 0) is 65.5 Å². The second kappa shape index (κ2) is 8.57. The van der Waals surface area contributed by atoms with Gasteiger partial charge in [0.05, 0.1) is 6.10 Å². The minimum atomic E-state index is 0.169. The summed E-state index contributed by atoms with van der Waals surface area (Å²) in [5, 5.41) is 1.15. The Labute approximate surface area is 162 Å². The van der Waals surface area contributed by atoms with E-state index in [1.54, 1.807) is 0 Å². The molecule has 0 bridgehead atoms. The molecule has 1 nitrogen and oxygen atoms in total. The highest BCUT2D eigenvalue weighted by Crippen LogP contribution is 2.39. The fourth-order valence-electron chi connectivity index (χ4n) is 3.39. The Hall–Kier alpha value is -1.33. The molecule has 0 aromatic heterocycles. The van der Waals surface area contributed by atoms with E-state index in [0.717, 1.165) is 11.1 Å². The molecule has 2 aromatic carbocycles. The molecule has 0 N–H and O–H groups in total. The maximum atomic E-state index is 6.05. The fraction of sp³-hybridized carbons (Fsp3) is 0.500. The van der Waals surface area contributed by atoms with Crippen LogP contribution in [0.3, 0.4) is 0 Å². The normalized spacial score (nSPS) is 11.9. The molecule has 0 radical (unpaired) electrons. The van der Waals surface area contributed by atoms with Gasteiger partial charge in [0.25, 0.3) is 0 Å². The van der Waals surface area contributed by atoms with Gasteiger partial charge in [0.15, 0.2) is 0 Å². The Morgan fingerprint density at radius 3 is 1.73 bits per heavy atom. The summed E-state index contributed by atoms with van der Waals surface area (Å²) in [4.78, 5) is 0. The molecule has 0 aliphatic heterocycles. The Morgan fingerprint density at radius 2 is 1.31 bits per heavy atom. The van der Waals surface area contributed by atoms with Gasteiger partial charge in [0, 0.05) is 5.30 Å². The highest BCUT2D eigenvalue weighted by molar-refractivity contribution is 7.28. The lowest BCUT2D eigenvalue weighted by atomic mass is 9.81. The lowest BCUT2D eigenvalue weighted by Gasteiger charge is -2.25. The van der Waals surface area contributed by atoms with Crippen LogP contribution in [-0.4, -0.2) is 6.10 Å². The summed E-state index contributed by atoms with van der Waals surface area (Å²) in [6.07, 6.45) is 0.169. The number of benzene rings is 2. The van der Waals surface area contributed by atoms with E-state index < -0.39 is 0 Å². The first kappa shape index (κ1) is 21.0. The van der Waals surface area contributed by atoms with Crippen LogP contribution in [0.2, 0.25) is 0 Å². The van der Waals surface area contributed by atoms with E-state index in [2.05, 4.69) is 95.0 Å². The highest BCUT2D eigenvalue weighted by Gasteiger charge is 2.21. The van der Waals surface area contributed by atoms with Crippen LogP contribution in [0, 0.1) is 0 Å². The largest absolute Gasteiger partial charge is 0.490 e. The van der Waals surface area contributed by atoms with Gasteiger partial charge in [-0.3, -0.25) is 0 Å². The Balaban J connectivity index is 2.80. The van der Waals surface area contributed by atoms with E-state index in [1.807, 2.05) is 0 Å². The quantitative estimate of drug-likeness (QED) is 0.497. The van der Waals surface area contributed by atoms with Gasteiger partial charge in [-0.25, -0.2) is 0 Å². The molecule has 142 valence electrons. The predicted octanol–water partition coefficient (Wildman–Crippen LogP) is 7.01. The summed E-state index contributed by atoms with van der Waals surface area (Å²) in [7, 11) is 2.92. The van der Waals surface area contributed by atoms with Crippen LogP contribution in [0.15, 0.2) is 30.3 Å². The van der Waals surface area contributed by atoms with Crippen LogP contribution in [0.4, 0.5) is 0 Å². The number of ether oxygens (including phenoxy) is 1. The minimum Gasteiger partial charge on any atom is -0.490 e. The third-order valence-corrected chi connectivity index (χ3v) is 5.43. The molecule has 2 heteroatoms. The monoisotopic (exact) mass is 370 g/mol. The molecule has 0 fully saturated rings. The van der Waals surface area contributed by atoms with Crippen molar-refractivity contribution in [3.63, 3.8) is 0 Å². The van der Waals surface area contributed by atoms with Crippen molar-refractivity contribution < 1.29 is 4.74 Å². The number of rotatable bonds is 6. The van der Waals surface area contributed by atoms with Crippen molar-refractivity contribution in [1.82, 2.24) is 0 Å². The van der Waals surface area contributed by atoms with Crippen LogP contribution >= 0.6 is 9.24 Å². The van der Waals surface area contributed by atoms with E-state index >= 15 is 0 Å². The molecule has 0 amide bonds. The highest BCUT2D eigenvalue weighted by atomic mass is 31.0. The fourth-order valence-corrected chi connectivity index (χ4v) is 3.79. The van der Waals surface area contributed by atoms with E-state index in [9.17, 15) is 0 Å². The average Bonchev–Trinajstić information content (AvgIpc) is 2.55. The second-order valence-corrected chi connectivity index (χ2v) is 9.00. The standard InChI is InChI=1S/C24H35OP/c1-14(2)18-12-20(15(3)4)23(21(13-18)16(5)6)19-10-9-11-22(24(19)26)25-17(7)8/h9-17H,26H2,1-8H3. The van der Waals surface area contributed by atoms with Gasteiger partial charge >= 0.3 is 0 Å². The molecule has 1 atom stereocenters. The molecule has 0 spiro atoms. The third-order valence-electron chi connectivity index (χ3n) is 4.83. The lowest BCUT2D eigenvalue weighted by Crippen LogP contribution is -2.13. The van der Waals surface area contributed by atoms with Gasteiger partial charge in [-0.2, -0.15) is 0 Å². The van der Waals surface area contributed by atoms with E-state index in [-0.39, 0.29) is 6.10 Å². The van der Waals surface area contributed by atoms with Gasteiger partial charge in [-0.1, -0.05) is 65.8 Å². The molecule has 0 aliphatic rings. The summed E-state index contributed by atoms with van der Waals surface area (Å²) in [6.45, 7) is 17.9. The van der Waals surface area contributed by atoms with E-state index in [0.29, 0.717) is 17.8 Å². The van der Waals surface area contributed by atoms with Gasteiger partial charge < -0.3 is 4.74 Å². The maximum Gasteiger partial charge on any atom is 0.127 e. The topological polar surface area (TPSA) is 9.23 Å². The van der Waals surface area contributed by atoms with Crippen LogP contribution in [0.5, 0.6) is 5.75 Å². The number of hydrogen-bond donors (Lipinski definition) is 0. The average molecular weight is 371 g/mol. The zero-order chi connectivity index (χ0) is 19.6. The molecule has 0 saturated carbocycles. The first-order valence-corrected chi connectivity index (χ1v) is 10.4. The zero-order valence-corrected chi connectivity index (χ0v) is 18.8. The summed E-state index contributed by atoms with van der Waals surface area (Å²) in [6, 6.07) is 11.2. The molecular weight excluding hydrogens is 335 g/mol. The third kappa shape index (κ3) is 4.49. The summed E-state index contributed by atoms with van der Waals surface area (Å²) in [5.41, 5.74) is 6.96. The van der Waals surface area contributed by atoms with Gasteiger partial charge in [0.2, 0.25) is 0 Å². The summed E-state index contributed by atoms with van der Waals surface area (Å²) >= 11 is 0. The van der Waals surface area contributed by atoms with Crippen molar-refractivity contribution in [2.24, 2.45) is 0 Å². The van der Waals surface area contributed by atoms with Crippen molar-refractivity contribution >= 4 is 14.5 Å². The Morgan fingerprint density at radius 1 is 0.769 bits per heavy atom. The molecule has 26 heavy (non-hydrogen) atoms. The molecule has 0 aliphatic carbocycles. The van der Waals surface area contributed by atoms with Crippen LogP contribution < -0.4 is 10.0 Å². The SMILES string of the molecule is CC(C)Oc1cccc(-c2c(C(C)C)cc(C(C)C)cc2C(C)C)c1P. The maximum absolute atomic E-state index is 6.05. The molecule has 0 heterocycles. The van der Waals surface area contributed by atoms with E-state index in [1.165, 1.54) is 27.8 Å². The predicted molar refractivity (Wildman–Crippen MR) is 119 cm³/mol. The van der Waals surface area contributed by atoms with Crippen molar-refractivity contribution in [2.75, 3.05) is 0 Å². The molecule has 1 unspecified atom stereocenters. The first-order valence-electron chi connectivity index (χ1n) is 9.86. The lowest BCUT2D eigenvalue weighted by molar-refractivity contribution is 0.244. The Kier molecular flexibility index (Phi) is 6.92.